The van der Waals surface area contributed by atoms with Crippen LogP contribution in [-0.2, 0) is 4.79 Å². The number of carbonyl (C=O) groups is 1. The number of benzene rings is 2. The molecule has 6 heteroatoms. The van der Waals surface area contributed by atoms with Gasteiger partial charge in [-0.3, -0.25) is 4.79 Å². The summed E-state index contributed by atoms with van der Waals surface area (Å²) in [6, 6.07) is 13.6. The van der Waals surface area contributed by atoms with Crippen molar-refractivity contribution in [3.63, 3.8) is 0 Å². The molecular weight excluding hydrogens is 372 g/mol. The van der Waals surface area contributed by atoms with Crippen LogP contribution in [0.25, 0.3) is 0 Å². The van der Waals surface area contributed by atoms with Crippen LogP contribution in [0.2, 0.25) is 0 Å². The van der Waals surface area contributed by atoms with E-state index in [1.54, 1.807) is 12.3 Å². The van der Waals surface area contributed by atoms with Crippen molar-refractivity contribution in [2.24, 2.45) is 5.10 Å². The van der Waals surface area contributed by atoms with Gasteiger partial charge >= 0.3 is 0 Å². The normalized spacial score (nSPS) is 11.8. The molecule has 1 amide bonds. The zero-order valence-electron chi connectivity index (χ0n) is 16.5. The Morgan fingerprint density at radius 3 is 2.64 bits per heavy atom. The maximum atomic E-state index is 12.2. The van der Waals surface area contributed by atoms with Crippen LogP contribution in [0.5, 0.6) is 11.5 Å². The molecule has 0 aliphatic heterocycles. The number of ether oxygens (including phenoxy) is 2. The monoisotopic (exact) mass is 398 g/mol. The lowest BCUT2D eigenvalue weighted by molar-refractivity contribution is -0.120. The van der Waals surface area contributed by atoms with Gasteiger partial charge in [0.2, 0.25) is 0 Å². The van der Waals surface area contributed by atoms with Crippen molar-refractivity contribution in [1.29, 1.82) is 0 Å². The summed E-state index contributed by atoms with van der Waals surface area (Å²) in [5.41, 5.74) is 4.58. The third-order valence-corrected chi connectivity index (χ3v) is 4.83. The molecule has 0 aliphatic carbocycles. The Labute approximate surface area is 170 Å². The van der Waals surface area contributed by atoms with Gasteiger partial charge in [-0.2, -0.15) is 5.10 Å². The second kappa shape index (κ2) is 11.2. The van der Waals surface area contributed by atoms with Crippen LogP contribution in [0, 0.1) is 6.92 Å². The maximum absolute atomic E-state index is 12.2. The largest absolute Gasteiger partial charge is 0.490 e. The van der Waals surface area contributed by atoms with Crippen molar-refractivity contribution in [2.75, 3.05) is 13.2 Å². The van der Waals surface area contributed by atoms with E-state index in [0.29, 0.717) is 24.7 Å². The molecule has 28 heavy (non-hydrogen) atoms. The molecule has 2 rings (SSSR count). The standard InChI is InChI=1S/C22H26N2O3S/c1-5-13-27-20-12-9-18(14-21(20)26-6-2)15-23-24-22(25)17(4)28-19-10-7-16(3)8-11-19/h5,7-12,14-15,17H,1,6,13H2,2-4H3,(H,24,25)/b23-15-/t17-/m1/s1. The second-order valence-electron chi connectivity index (χ2n) is 6.05. The number of hydrazone groups is 1. The first kappa shape index (κ1) is 21.6. The lowest BCUT2D eigenvalue weighted by Gasteiger charge is -2.11. The molecule has 0 unspecified atom stereocenters. The Kier molecular flexibility index (Phi) is 8.62. The number of thioether (sulfide) groups is 1. The molecule has 148 valence electrons. The fourth-order valence-corrected chi connectivity index (χ4v) is 3.14. The number of rotatable bonds is 10. The fraction of sp³-hybridized carbons (Fsp3) is 0.273. The lowest BCUT2D eigenvalue weighted by Crippen LogP contribution is -2.26. The number of carbonyl (C=O) groups excluding carboxylic acids is 1. The van der Waals surface area contributed by atoms with Crippen molar-refractivity contribution in [3.8, 4) is 11.5 Å². The van der Waals surface area contributed by atoms with E-state index in [2.05, 4.69) is 17.1 Å². The summed E-state index contributed by atoms with van der Waals surface area (Å²) in [6.07, 6.45) is 3.26. The average molecular weight is 399 g/mol. The van der Waals surface area contributed by atoms with Crippen LogP contribution in [0.4, 0.5) is 0 Å². The highest BCUT2D eigenvalue weighted by atomic mass is 32.2. The number of hydrogen-bond donors (Lipinski definition) is 1. The van der Waals surface area contributed by atoms with Gasteiger partial charge in [0.15, 0.2) is 11.5 Å². The molecule has 1 atom stereocenters. The minimum absolute atomic E-state index is 0.155. The van der Waals surface area contributed by atoms with Crippen LogP contribution in [0.15, 0.2) is 65.1 Å². The molecule has 0 saturated heterocycles. The van der Waals surface area contributed by atoms with E-state index in [9.17, 15) is 4.79 Å². The Morgan fingerprint density at radius 2 is 1.96 bits per heavy atom. The van der Waals surface area contributed by atoms with E-state index >= 15 is 0 Å². The molecule has 0 bridgehead atoms. The van der Waals surface area contributed by atoms with Crippen LogP contribution in [-0.4, -0.2) is 30.6 Å². The van der Waals surface area contributed by atoms with Crippen LogP contribution >= 0.6 is 11.8 Å². The van der Waals surface area contributed by atoms with E-state index < -0.39 is 0 Å². The van der Waals surface area contributed by atoms with Crippen LogP contribution in [0.1, 0.15) is 25.0 Å². The van der Waals surface area contributed by atoms with Gasteiger partial charge < -0.3 is 9.47 Å². The average Bonchev–Trinajstić information content (AvgIpc) is 2.69. The summed E-state index contributed by atoms with van der Waals surface area (Å²) in [6.45, 7) is 10.4. The van der Waals surface area contributed by atoms with Crippen molar-refractivity contribution < 1.29 is 14.3 Å². The van der Waals surface area contributed by atoms with E-state index in [4.69, 9.17) is 9.47 Å². The minimum Gasteiger partial charge on any atom is -0.490 e. The summed E-state index contributed by atoms with van der Waals surface area (Å²) in [4.78, 5) is 13.3. The first-order valence-electron chi connectivity index (χ1n) is 9.10. The Bertz CT molecular complexity index is 819. The Hall–Kier alpha value is -2.73. The van der Waals surface area contributed by atoms with E-state index in [1.807, 2.05) is 63.2 Å². The van der Waals surface area contributed by atoms with Gasteiger partial charge in [0.25, 0.3) is 5.91 Å². The van der Waals surface area contributed by atoms with Crippen molar-refractivity contribution in [1.82, 2.24) is 5.43 Å². The highest BCUT2D eigenvalue weighted by Crippen LogP contribution is 2.28. The van der Waals surface area contributed by atoms with Gasteiger partial charge in [-0.15, -0.1) is 11.8 Å². The van der Waals surface area contributed by atoms with Crippen LogP contribution in [0.3, 0.4) is 0 Å². The Morgan fingerprint density at radius 1 is 1.21 bits per heavy atom. The molecule has 0 heterocycles. The predicted molar refractivity (Wildman–Crippen MR) is 116 cm³/mol. The summed E-state index contributed by atoms with van der Waals surface area (Å²) in [5.74, 6) is 1.12. The summed E-state index contributed by atoms with van der Waals surface area (Å²) in [5, 5.41) is 3.80. The number of amides is 1. The Balaban J connectivity index is 1.94. The van der Waals surface area contributed by atoms with Crippen molar-refractivity contribution >= 4 is 23.9 Å². The zero-order valence-corrected chi connectivity index (χ0v) is 17.3. The second-order valence-corrected chi connectivity index (χ2v) is 7.46. The zero-order chi connectivity index (χ0) is 20.4. The molecule has 2 aromatic rings. The van der Waals surface area contributed by atoms with Crippen LogP contribution < -0.4 is 14.9 Å². The highest BCUT2D eigenvalue weighted by molar-refractivity contribution is 8.00. The molecule has 5 nitrogen and oxygen atoms in total. The SMILES string of the molecule is C=CCOc1ccc(/C=N\NC(=O)[C@@H](C)Sc2ccc(C)cc2)cc1OCC. The molecule has 2 aromatic carbocycles. The number of aryl methyl sites for hydroxylation is 1. The van der Waals surface area contributed by atoms with Gasteiger partial charge in [0.05, 0.1) is 18.1 Å². The lowest BCUT2D eigenvalue weighted by atomic mass is 10.2. The third kappa shape index (κ3) is 6.78. The van der Waals surface area contributed by atoms with Gasteiger partial charge in [0, 0.05) is 4.90 Å². The summed E-state index contributed by atoms with van der Waals surface area (Å²) >= 11 is 1.49. The summed E-state index contributed by atoms with van der Waals surface area (Å²) < 4.78 is 11.2. The number of nitrogens with one attached hydrogen (secondary N) is 1. The van der Waals surface area contributed by atoms with Crippen molar-refractivity contribution in [2.45, 2.75) is 30.9 Å². The smallest absolute Gasteiger partial charge is 0.253 e. The predicted octanol–water partition coefficient (Wildman–Crippen LogP) is 4.59. The highest BCUT2D eigenvalue weighted by Gasteiger charge is 2.13. The molecular formula is C22H26N2O3S. The molecule has 0 aliphatic rings. The van der Waals surface area contributed by atoms with E-state index in [-0.39, 0.29) is 11.2 Å². The topological polar surface area (TPSA) is 59.9 Å². The van der Waals surface area contributed by atoms with Gasteiger partial charge in [-0.1, -0.05) is 30.4 Å². The first-order chi connectivity index (χ1) is 13.5. The molecule has 1 N–H and O–H groups in total. The quantitative estimate of drug-likeness (QED) is 0.275. The van der Waals surface area contributed by atoms with E-state index in [1.165, 1.54) is 17.3 Å². The first-order valence-corrected chi connectivity index (χ1v) is 9.98. The minimum atomic E-state index is -0.256. The fourth-order valence-electron chi connectivity index (χ4n) is 2.28. The van der Waals surface area contributed by atoms with Gasteiger partial charge in [0.1, 0.15) is 6.61 Å². The molecule has 0 saturated carbocycles. The molecule has 0 radical (unpaired) electrons. The van der Waals surface area contributed by atoms with Gasteiger partial charge in [-0.05, 0) is 56.7 Å². The molecule has 0 aromatic heterocycles. The summed E-state index contributed by atoms with van der Waals surface area (Å²) in [7, 11) is 0. The molecule has 0 spiro atoms. The third-order valence-electron chi connectivity index (χ3n) is 3.72. The van der Waals surface area contributed by atoms with Gasteiger partial charge in [-0.25, -0.2) is 5.43 Å². The number of nitrogens with zero attached hydrogens (tertiary/aromatic N) is 1. The number of hydrogen-bond acceptors (Lipinski definition) is 5. The molecule has 0 fully saturated rings. The van der Waals surface area contributed by atoms with Crippen molar-refractivity contribution in [3.05, 3.63) is 66.2 Å². The maximum Gasteiger partial charge on any atom is 0.253 e. The van der Waals surface area contributed by atoms with E-state index in [0.717, 1.165) is 10.5 Å².